The second-order valence-corrected chi connectivity index (χ2v) is 3.55. The summed E-state index contributed by atoms with van der Waals surface area (Å²) < 4.78 is 5.29. The molecular weight excluding hydrogens is 212 g/mol. The van der Waals surface area contributed by atoms with Crippen LogP contribution < -0.4 is 4.74 Å². The molecule has 1 N–H and O–H groups in total. The Morgan fingerprint density at radius 1 is 1.12 bits per heavy atom. The molecule has 0 aliphatic carbocycles. The molecule has 0 saturated carbocycles. The molecule has 2 aromatic carbocycles. The van der Waals surface area contributed by atoms with Crippen LogP contribution in [0.5, 0.6) is 11.5 Å². The molecule has 2 nitrogen and oxygen atoms in total. The molecule has 0 aliphatic rings. The lowest BCUT2D eigenvalue weighted by Gasteiger charge is -2.12. The number of hydrogen-bond donors (Lipinski definition) is 1. The first-order valence-electron chi connectivity index (χ1n) is 5.20. The van der Waals surface area contributed by atoms with Crippen LogP contribution in [-0.4, -0.2) is 12.2 Å². The molecule has 84 valence electrons. The highest BCUT2D eigenvalue weighted by molar-refractivity contribution is 5.79. The van der Waals surface area contributed by atoms with Crippen LogP contribution in [0.3, 0.4) is 0 Å². The standard InChI is InChI=1S/C15H12O2/c1-3-12-13(16)9-10-14(17-2)15(12)11-7-5-4-6-8-11/h1,4-10,16H,2H3. The largest absolute Gasteiger partial charge is 0.507 e. The quantitative estimate of drug-likeness (QED) is 0.794. The summed E-state index contributed by atoms with van der Waals surface area (Å²) >= 11 is 0. The van der Waals surface area contributed by atoms with Crippen molar-refractivity contribution >= 4 is 0 Å². The fourth-order valence-electron chi connectivity index (χ4n) is 1.78. The number of aromatic hydroxyl groups is 1. The zero-order valence-electron chi connectivity index (χ0n) is 9.47. The Balaban J connectivity index is 2.75. The van der Waals surface area contributed by atoms with Crippen molar-refractivity contribution in [1.82, 2.24) is 0 Å². The van der Waals surface area contributed by atoms with Gasteiger partial charge in [-0.15, -0.1) is 6.42 Å². The summed E-state index contributed by atoms with van der Waals surface area (Å²) in [5, 5.41) is 9.77. The van der Waals surface area contributed by atoms with Crippen molar-refractivity contribution in [3.8, 4) is 35.0 Å². The monoisotopic (exact) mass is 224 g/mol. The average Bonchev–Trinajstić information content (AvgIpc) is 2.39. The van der Waals surface area contributed by atoms with Crippen molar-refractivity contribution in [3.05, 3.63) is 48.0 Å². The lowest BCUT2D eigenvalue weighted by atomic mass is 9.98. The first-order chi connectivity index (χ1) is 8.27. The number of terminal acetylenes is 1. The van der Waals surface area contributed by atoms with E-state index in [4.69, 9.17) is 11.2 Å². The van der Waals surface area contributed by atoms with Gasteiger partial charge >= 0.3 is 0 Å². The van der Waals surface area contributed by atoms with E-state index in [-0.39, 0.29) is 5.75 Å². The Morgan fingerprint density at radius 3 is 2.41 bits per heavy atom. The highest BCUT2D eigenvalue weighted by atomic mass is 16.5. The van der Waals surface area contributed by atoms with E-state index in [1.165, 1.54) is 0 Å². The van der Waals surface area contributed by atoms with Crippen LogP contribution in [0.2, 0.25) is 0 Å². The van der Waals surface area contributed by atoms with Crippen LogP contribution in [0.1, 0.15) is 5.56 Å². The fraction of sp³-hybridized carbons (Fsp3) is 0.0667. The van der Waals surface area contributed by atoms with E-state index in [1.807, 2.05) is 30.3 Å². The highest BCUT2D eigenvalue weighted by Crippen LogP contribution is 2.37. The van der Waals surface area contributed by atoms with Gasteiger partial charge in [0.1, 0.15) is 11.5 Å². The highest BCUT2D eigenvalue weighted by Gasteiger charge is 2.13. The number of benzene rings is 2. The molecular formula is C15H12O2. The molecule has 0 aromatic heterocycles. The van der Waals surface area contributed by atoms with Crippen LogP contribution >= 0.6 is 0 Å². The SMILES string of the molecule is C#Cc1c(O)ccc(OC)c1-c1ccccc1. The van der Waals surface area contributed by atoms with Gasteiger partial charge in [0.25, 0.3) is 0 Å². The minimum absolute atomic E-state index is 0.0900. The summed E-state index contributed by atoms with van der Waals surface area (Å²) in [4.78, 5) is 0. The Hall–Kier alpha value is -2.40. The Kier molecular flexibility index (Phi) is 3.02. The van der Waals surface area contributed by atoms with E-state index in [0.29, 0.717) is 11.3 Å². The van der Waals surface area contributed by atoms with Gasteiger partial charge in [0.05, 0.1) is 12.7 Å². The predicted molar refractivity (Wildman–Crippen MR) is 68.0 cm³/mol. The van der Waals surface area contributed by atoms with E-state index in [0.717, 1.165) is 11.1 Å². The van der Waals surface area contributed by atoms with Gasteiger partial charge in [0, 0.05) is 5.56 Å². The minimum atomic E-state index is 0.0900. The van der Waals surface area contributed by atoms with Crippen molar-refractivity contribution in [1.29, 1.82) is 0 Å². The zero-order chi connectivity index (χ0) is 12.3. The van der Waals surface area contributed by atoms with Gasteiger partial charge in [-0.1, -0.05) is 36.3 Å². The Morgan fingerprint density at radius 2 is 1.82 bits per heavy atom. The van der Waals surface area contributed by atoms with Crippen molar-refractivity contribution in [2.75, 3.05) is 7.11 Å². The van der Waals surface area contributed by atoms with Gasteiger partial charge < -0.3 is 9.84 Å². The van der Waals surface area contributed by atoms with Gasteiger partial charge in [0.2, 0.25) is 0 Å². The van der Waals surface area contributed by atoms with Crippen LogP contribution in [0.15, 0.2) is 42.5 Å². The van der Waals surface area contributed by atoms with E-state index in [9.17, 15) is 5.11 Å². The molecule has 0 heterocycles. The first kappa shape index (κ1) is 11.1. The maximum atomic E-state index is 9.77. The van der Waals surface area contributed by atoms with E-state index in [2.05, 4.69) is 5.92 Å². The molecule has 0 fully saturated rings. The van der Waals surface area contributed by atoms with E-state index >= 15 is 0 Å². The summed E-state index contributed by atoms with van der Waals surface area (Å²) in [7, 11) is 1.58. The second kappa shape index (κ2) is 4.63. The molecule has 0 saturated heterocycles. The topological polar surface area (TPSA) is 29.5 Å². The Labute approximate surface area is 100 Å². The van der Waals surface area contributed by atoms with E-state index in [1.54, 1.807) is 19.2 Å². The number of hydrogen-bond acceptors (Lipinski definition) is 2. The third kappa shape index (κ3) is 1.95. The molecule has 2 aromatic rings. The fourth-order valence-corrected chi connectivity index (χ4v) is 1.78. The third-order valence-electron chi connectivity index (χ3n) is 2.57. The first-order valence-corrected chi connectivity index (χ1v) is 5.20. The summed E-state index contributed by atoms with van der Waals surface area (Å²) in [5.41, 5.74) is 2.12. The molecule has 0 radical (unpaired) electrons. The van der Waals surface area contributed by atoms with Gasteiger partial charge in [-0.3, -0.25) is 0 Å². The lowest BCUT2D eigenvalue weighted by molar-refractivity contribution is 0.414. The van der Waals surface area contributed by atoms with Crippen molar-refractivity contribution < 1.29 is 9.84 Å². The normalized spacial score (nSPS) is 9.65. The molecule has 0 spiro atoms. The summed E-state index contributed by atoms with van der Waals surface area (Å²) in [6.07, 6.45) is 5.45. The number of phenols is 1. The maximum Gasteiger partial charge on any atom is 0.132 e. The minimum Gasteiger partial charge on any atom is -0.507 e. The number of methoxy groups -OCH3 is 1. The molecule has 0 amide bonds. The predicted octanol–water partition coefficient (Wildman–Crippen LogP) is 3.05. The second-order valence-electron chi connectivity index (χ2n) is 3.55. The number of phenolic OH excluding ortho intramolecular Hbond substituents is 1. The summed E-state index contributed by atoms with van der Waals surface area (Å²) in [5.74, 6) is 3.25. The third-order valence-corrected chi connectivity index (χ3v) is 2.57. The molecule has 17 heavy (non-hydrogen) atoms. The summed E-state index contributed by atoms with van der Waals surface area (Å²) in [6, 6.07) is 12.9. The zero-order valence-corrected chi connectivity index (χ0v) is 9.47. The number of ether oxygens (including phenoxy) is 1. The van der Waals surface area contributed by atoms with Crippen LogP contribution in [0, 0.1) is 12.3 Å². The van der Waals surface area contributed by atoms with Gasteiger partial charge in [-0.2, -0.15) is 0 Å². The molecule has 0 atom stereocenters. The van der Waals surface area contributed by atoms with Crippen molar-refractivity contribution in [2.24, 2.45) is 0 Å². The van der Waals surface area contributed by atoms with Crippen LogP contribution in [0.4, 0.5) is 0 Å². The van der Waals surface area contributed by atoms with Crippen molar-refractivity contribution in [3.63, 3.8) is 0 Å². The van der Waals surface area contributed by atoms with Gasteiger partial charge in [-0.05, 0) is 17.7 Å². The van der Waals surface area contributed by atoms with E-state index < -0.39 is 0 Å². The average molecular weight is 224 g/mol. The lowest BCUT2D eigenvalue weighted by Crippen LogP contribution is -1.92. The number of rotatable bonds is 2. The summed E-state index contributed by atoms with van der Waals surface area (Å²) in [6.45, 7) is 0. The molecule has 0 aliphatic heterocycles. The Bertz CT molecular complexity index is 565. The van der Waals surface area contributed by atoms with Crippen LogP contribution in [-0.2, 0) is 0 Å². The van der Waals surface area contributed by atoms with Crippen LogP contribution in [0.25, 0.3) is 11.1 Å². The molecule has 2 heteroatoms. The maximum absolute atomic E-state index is 9.77. The van der Waals surface area contributed by atoms with Gasteiger partial charge in [0.15, 0.2) is 0 Å². The molecule has 0 bridgehead atoms. The molecule has 0 unspecified atom stereocenters. The molecule has 2 rings (SSSR count). The van der Waals surface area contributed by atoms with Gasteiger partial charge in [-0.25, -0.2) is 0 Å². The van der Waals surface area contributed by atoms with Crippen molar-refractivity contribution in [2.45, 2.75) is 0 Å². The smallest absolute Gasteiger partial charge is 0.132 e.